The van der Waals surface area contributed by atoms with E-state index in [1.54, 1.807) is 12.1 Å². The standard InChI is InChI=1S/C27H32FN3O/c1-21-18-26(22(2)31(21)19-24-8-10-25(28)11-9-24)27(32)20-30-16-14-29(15-17-30)13-12-23-6-4-3-5-7-23/h3-11,18H,12-17,19-20H2,1-2H3. The van der Waals surface area contributed by atoms with Gasteiger partial charge in [0.15, 0.2) is 5.78 Å². The molecule has 2 aromatic carbocycles. The van der Waals surface area contributed by atoms with Crippen LogP contribution in [0.5, 0.6) is 0 Å². The number of aryl methyl sites for hydroxylation is 1. The topological polar surface area (TPSA) is 28.5 Å². The Hall–Kier alpha value is -2.76. The van der Waals surface area contributed by atoms with Crippen molar-refractivity contribution in [2.24, 2.45) is 0 Å². The fourth-order valence-corrected chi connectivity index (χ4v) is 4.49. The highest BCUT2D eigenvalue weighted by Crippen LogP contribution is 2.19. The van der Waals surface area contributed by atoms with E-state index in [4.69, 9.17) is 0 Å². The summed E-state index contributed by atoms with van der Waals surface area (Å²) in [5.41, 5.74) is 5.25. The lowest BCUT2D eigenvalue weighted by Gasteiger charge is -2.34. The van der Waals surface area contributed by atoms with Gasteiger partial charge < -0.3 is 9.47 Å². The maximum Gasteiger partial charge on any atom is 0.178 e. The number of carbonyl (C=O) groups excluding carboxylic acids is 1. The Bertz CT molecular complexity index is 1030. The van der Waals surface area contributed by atoms with Gasteiger partial charge in [0, 0.05) is 56.2 Å². The van der Waals surface area contributed by atoms with Crippen LogP contribution >= 0.6 is 0 Å². The Kier molecular flexibility index (Phi) is 7.18. The summed E-state index contributed by atoms with van der Waals surface area (Å²) in [6, 6.07) is 19.2. The van der Waals surface area contributed by atoms with Gasteiger partial charge in [0.2, 0.25) is 0 Å². The first-order valence-corrected chi connectivity index (χ1v) is 11.4. The molecule has 0 N–H and O–H groups in total. The number of Topliss-reactive ketones (excluding diaryl/α,β-unsaturated/α-hetero) is 1. The van der Waals surface area contributed by atoms with Gasteiger partial charge in [-0.3, -0.25) is 9.69 Å². The SMILES string of the molecule is Cc1cc(C(=O)CN2CCN(CCc3ccccc3)CC2)c(C)n1Cc1ccc(F)cc1. The van der Waals surface area contributed by atoms with Crippen LogP contribution in [0, 0.1) is 19.7 Å². The van der Waals surface area contributed by atoms with E-state index in [9.17, 15) is 9.18 Å². The molecule has 168 valence electrons. The average molecular weight is 434 g/mol. The fourth-order valence-electron chi connectivity index (χ4n) is 4.49. The van der Waals surface area contributed by atoms with E-state index in [-0.39, 0.29) is 11.6 Å². The van der Waals surface area contributed by atoms with Crippen molar-refractivity contribution in [2.75, 3.05) is 39.3 Å². The molecule has 0 bridgehead atoms. The highest BCUT2D eigenvalue weighted by atomic mass is 19.1. The minimum absolute atomic E-state index is 0.182. The number of rotatable bonds is 8. The van der Waals surface area contributed by atoms with Gasteiger partial charge in [-0.25, -0.2) is 4.39 Å². The molecule has 1 saturated heterocycles. The maximum atomic E-state index is 13.2. The van der Waals surface area contributed by atoms with Gasteiger partial charge in [-0.2, -0.15) is 0 Å². The molecule has 0 radical (unpaired) electrons. The van der Waals surface area contributed by atoms with Gasteiger partial charge in [0.1, 0.15) is 5.82 Å². The summed E-state index contributed by atoms with van der Waals surface area (Å²) in [6.45, 7) is 10.1. The van der Waals surface area contributed by atoms with Crippen molar-refractivity contribution < 1.29 is 9.18 Å². The summed E-state index contributed by atoms with van der Waals surface area (Å²) in [7, 11) is 0. The Morgan fingerprint density at radius 2 is 1.53 bits per heavy atom. The summed E-state index contributed by atoms with van der Waals surface area (Å²) in [4.78, 5) is 17.8. The second-order valence-electron chi connectivity index (χ2n) is 8.77. The molecule has 1 aliphatic rings. The number of halogens is 1. The van der Waals surface area contributed by atoms with Gasteiger partial charge in [0.25, 0.3) is 0 Å². The predicted molar refractivity (Wildman–Crippen MR) is 127 cm³/mol. The summed E-state index contributed by atoms with van der Waals surface area (Å²) >= 11 is 0. The molecule has 4 rings (SSSR count). The Morgan fingerprint density at radius 3 is 2.22 bits per heavy atom. The molecule has 32 heavy (non-hydrogen) atoms. The monoisotopic (exact) mass is 433 g/mol. The van der Waals surface area contributed by atoms with Crippen LogP contribution in [0.1, 0.15) is 32.9 Å². The molecule has 1 fully saturated rings. The van der Waals surface area contributed by atoms with E-state index in [1.807, 2.05) is 19.9 Å². The van der Waals surface area contributed by atoms with E-state index in [0.717, 1.165) is 61.7 Å². The highest BCUT2D eigenvalue weighted by molar-refractivity contribution is 5.99. The number of benzene rings is 2. The molecule has 1 aromatic heterocycles. The van der Waals surface area contributed by atoms with Crippen molar-refractivity contribution in [3.63, 3.8) is 0 Å². The Balaban J connectivity index is 1.30. The van der Waals surface area contributed by atoms with Crippen molar-refractivity contribution in [3.8, 4) is 0 Å². The fraction of sp³-hybridized carbons (Fsp3) is 0.370. The van der Waals surface area contributed by atoms with Gasteiger partial charge >= 0.3 is 0 Å². The minimum Gasteiger partial charge on any atom is -0.344 e. The lowest BCUT2D eigenvalue weighted by molar-refractivity contribution is 0.0853. The summed E-state index contributed by atoms with van der Waals surface area (Å²) in [6.07, 6.45) is 1.07. The number of ketones is 1. The van der Waals surface area contributed by atoms with Crippen molar-refractivity contribution in [1.82, 2.24) is 14.4 Å². The average Bonchev–Trinajstić information content (AvgIpc) is 3.09. The van der Waals surface area contributed by atoms with E-state index in [1.165, 1.54) is 17.7 Å². The van der Waals surface area contributed by atoms with Crippen LogP contribution in [-0.2, 0) is 13.0 Å². The van der Waals surface area contributed by atoms with E-state index in [2.05, 4.69) is 44.7 Å². The Morgan fingerprint density at radius 1 is 0.875 bits per heavy atom. The van der Waals surface area contributed by atoms with Crippen LogP contribution in [0.4, 0.5) is 4.39 Å². The smallest absolute Gasteiger partial charge is 0.178 e. The number of hydrogen-bond donors (Lipinski definition) is 0. The molecule has 2 heterocycles. The van der Waals surface area contributed by atoms with E-state index >= 15 is 0 Å². The van der Waals surface area contributed by atoms with Crippen LogP contribution in [0.2, 0.25) is 0 Å². The third kappa shape index (κ3) is 5.53. The van der Waals surface area contributed by atoms with E-state index < -0.39 is 0 Å². The number of nitrogens with zero attached hydrogens (tertiary/aromatic N) is 3. The third-order valence-corrected chi connectivity index (χ3v) is 6.52. The summed E-state index contributed by atoms with van der Waals surface area (Å²) in [5.74, 6) is -0.0491. The number of carbonyl (C=O) groups is 1. The summed E-state index contributed by atoms with van der Waals surface area (Å²) in [5, 5.41) is 0. The van der Waals surface area contributed by atoms with Crippen LogP contribution in [0.25, 0.3) is 0 Å². The van der Waals surface area contributed by atoms with Crippen molar-refractivity contribution in [1.29, 1.82) is 0 Å². The molecule has 0 atom stereocenters. The quantitative estimate of drug-likeness (QED) is 0.495. The molecule has 0 unspecified atom stereocenters. The van der Waals surface area contributed by atoms with Crippen molar-refractivity contribution in [2.45, 2.75) is 26.8 Å². The molecule has 0 aliphatic carbocycles. The van der Waals surface area contributed by atoms with E-state index in [0.29, 0.717) is 13.1 Å². The first-order chi connectivity index (χ1) is 15.5. The molecule has 5 heteroatoms. The molecule has 0 saturated carbocycles. The molecule has 0 spiro atoms. The molecule has 1 aliphatic heterocycles. The number of hydrogen-bond acceptors (Lipinski definition) is 3. The van der Waals surface area contributed by atoms with Gasteiger partial charge in [-0.15, -0.1) is 0 Å². The van der Waals surface area contributed by atoms with Gasteiger partial charge in [-0.05, 0) is 49.6 Å². The van der Waals surface area contributed by atoms with Crippen LogP contribution in [0.3, 0.4) is 0 Å². The van der Waals surface area contributed by atoms with Gasteiger partial charge in [0.05, 0.1) is 6.54 Å². The number of piperazine rings is 1. The highest BCUT2D eigenvalue weighted by Gasteiger charge is 2.22. The minimum atomic E-state index is -0.231. The zero-order valence-corrected chi connectivity index (χ0v) is 19.1. The third-order valence-electron chi connectivity index (χ3n) is 6.52. The summed E-state index contributed by atoms with van der Waals surface area (Å²) < 4.78 is 15.3. The van der Waals surface area contributed by atoms with Crippen LogP contribution < -0.4 is 0 Å². The van der Waals surface area contributed by atoms with Crippen molar-refractivity contribution in [3.05, 3.63) is 94.6 Å². The van der Waals surface area contributed by atoms with Crippen LogP contribution in [-0.4, -0.2) is 59.4 Å². The zero-order chi connectivity index (χ0) is 22.5. The maximum absolute atomic E-state index is 13.2. The largest absolute Gasteiger partial charge is 0.344 e. The molecule has 4 nitrogen and oxygen atoms in total. The second kappa shape index (κ2) is 10.2. The zero-order valence-electron chi connectivity index (χ0n) is 19.1. The van der Waals surface area contributed by atoms with Crippen LogP contribution in [0.15, 0.2) is 60.7 Å². The molecule has 3 aromatic rings. The normalized spacial score (nSPS) is 15.2. The van der Waals surface area contributed by atoms with Gasteiger partial charge in [-0.1, -0.05) is 42.5 Å². The number of aromatic nitrogens is 1. The lowest BCUT2D eigenvalue weighted by atomic mass is 10.1. The molecular formula is C27H32FN3O. The van der Waals surface area contributed by atoms with Crippen molar-refractivity contribution >= 4 is 5.78 Å². The molecular weight excluding hydrogens is 401 g/mol. The molecule has 0 amide bonds. The second-order valence-corrected chi connectivity index (χ2v) is 8.77. The first-order valence-electron chi connectivity index (χ1n) is 11.4. The first kappa shape index (κ1) is 22.4. The predicted octanol–water partition coefficient (Wildman–Crippen LogP) is 4.34. The lowest BCUT2D eigenvalue weighted by Crippen LogP contribution is -2.48. The Labute approximate surface area is 190 Å².